The average Bonchev–Trinajstić information content (AvgIpc) is 2.29. The first-order valence-electron chi connectivity index (χ1n) is 4.85. The van der Waals surface area contributed by atoms with Gasteiger partial charge in [-0.25, -0.2) is 0 Å². The fraction of sp³-hybridized carbons (Fsp3) is 0.889. The van der Waals surface area contributed by atoms with Crippen LogP contribution in [0.4, 0.5) is 0 Å². The van der Waals surface area contributed by atoms with Crippen molar-refractivity contribution < 1.29 is 18.0 Å². The Labute approximate surface area is 92.3 Å². The van der Waals surface area contributed by atoms with Crippen LogP contribution in [0.25, 0.3) is 0 Å². The van der Waals surface area contributed by atoms with Gasteiger partial charge in [0.1, 0.15) is 0 Å². The smallest absolute Gasteiger partial charge is 0.380 e. The molecule has 0 saturated heterocycles. The van der Waals surface area contributed by atoms with E-state index in [2.05, 4.69) is 0 Å². The van der Waals surface area contributed by atoms with Crippen LogP contribution in [0.1, 0.15) is 12.8 Å². The highest BCUT2D eigenvalue weighted by molar-refractivity contribution is 6.60. The molecular formula is C9H19NO4Si. The average molecular weight is 233 g/mol. The summed E-state index contributed by atoms with van der Waals surface area (Å²) in [7, 11) is 2.35. The third-order valence-corrected chi connectivity index (χ3v) is 4.89. The molecule has 0 rings (SSSR count). The Morgan fingerprint density at radius 3 is 2.13 bits per heavy atom. The Bertz CT molecular complexity index is 183. The Balaban J connectivity index is 3.59. The Morgan fingerprint density at radius 1 is 1.07 bits per heavy atom. The summed E-state index contributed by atoms with van der Waals surface area (Å²) < 4.78 is 21.0. The summed E-state index contributed by atoms with van der Waals surface area (Å²) in [6, 6.07) is 2.74. The largest absolute Gasteiger partial charge is 0.500 e. The fourth-order valence-corrected chi connectivity index (χ4v) is 2.86. The first-order valence-corrected chi connectivity index (χ1v) is 6.78. The van der Waals surface area contributed by atoms with E-state index in [0.717, 1.165) is 12.5 Å². The monoisotopic (exact) mass is 233 g/mol. The summed E-state index contributed by atoms with van der Waals surface area (Å²) in [6.45, 7) is 1.09. The van der Waals surface area contributed by atoms with Gasteiger partial charge in [0.05, 0.1) is 19.1 Å². The second kappa shape index (κ2) is 8.82. The molecule has 0 N–H and O–H groups in total. The highest BCUT2D eigenvalue weighted by atomic mass is 28.4. The van der Waals surface area contributed by atoms with Gasteiger partial charge in [0.2, 0.25) is 0 Å². The Hall–Kier alpha value is -0.453. The van der Waals surface area contributed by atoms with Gasteiger partial charge in [-0.1, -0.05) is 0 Å². The van der Waals surface area contributed by atoms with Gasteiger partial charge in [-0.2, -0.15) is 5.26 Å². The lowest BCUT2D eigenvalue weighted by Crippen LogP contribution is -2.42. The maximum atomic E-state index is 8.28. The van der Waals surface area contributed by atoms with Crippen molar-refractivity contribution in [2.75, 3.05) is 34.5 Å². The van der Waals surface area contributed by atoms with Gasteiger partial charge in [-0.05, 0) is 6.42 Å². The van der Waals surface area contributed by atoms with Crippen molar-refractivity contribution in [3.8, 4) is 6.07 Å². The van der Waals surface area contributed by atoms with Crippen molar-refractivity contribution in [2.45, 2.75) is 18.9 Å². The number of nitriles is 1. The van der Waals surface area contributed by atoms with Gasteiger partial charge in [0.15, 0.2) is 0 Å². The third kappa shape index (κ3) is 5.87. The van der Waals surface area contributed by atoms with Gasteiger partial charge >= 0.3 is 8.80 Å². The summed E-state index contributed by atoms with van der Waals surface area (Å²) in [5, 5.41) is 8.28. The summed E-state index contributed by atoms with van der Waals surface area (Å²) in [5.41, 5.74) is 0. The SMILES string of the molecule is CO[Si](CCCOCCC#N)(OC)OC. The number of ether oxygens (including phenoxy) is 1. The van der Waals surface area contributed by atoms with Crippen LogP contribution in [-0.4, -0.2) is 43.3 Å². The Kier molecular flexibility index (Phi) is 8.56. The van der Waals surface area contributed by atoms with E-state index in [1.165, 1.54) is 0 Å². The third-order valence-electron chi connectivity index (χ3n) is 2.06. The molecule has 0 unspecified atom stereocenters. The van der Waals surface area contributed by atoms with E-state index in [1.807, 2.05) is 6.07 Å². The molecule has 0 bridgehead atoms. The molecule has 0 spiro atoms. The van der Waals surface area contributed by atoms with E-state index >= 15 is 0 Å². The molecule has 0 aliphatic rings. The zero-order valence-electron chi connectivity index (χ0n) is 9.62. The quantitative estimate of drug-likeness (QED) is 0.442. The van der Waals surface area contributed by atoms with E-state index in [-0.39, 0.29) is 0 Å². The summed E-state index contributed by atoms with van der Waals surface area (Å²) in [6.07, 6.45) is 1.24. The molecule has 88 valence electrons. The van der Waals surface area contributed by atoms with E-state index in [9.17, 15) is 0 Å². The van der Waals surface area contributed by atoms with Crippen molar-refractivity contribution in [1.29, 1.82) is 5.26 Å². The van der Waals surface area contributed by atoms with Gasteiger partial charge < -0.3 is 18.0 Å². The fourth-order valence-electron chi connectivity index (χ4n) is 1.17. The first-order chi connectivity index (χ1) is 7.24. The van der Waals surface area contributed by atoms with E-state index < -0.39 is 8.80 Å². The molecule has 6 heteroatoms. The second-order valence-electron chi connectivity index (χ2n) is 2.92. The van der Waals surface area contributed by atoms with Gasteiger partial charge in [-0.3, -0.25) is 0 Å². The van der Waals surface area contributed by atoms with Crippen LogP contribution >= 0.6 is 0 Å². The first kappa shape index (κ1) is 14.5. The van der Waals surface area contributed by atoms with Crippen molar-refractivity contribution in [1.82, 2.24) is 0 Å². The van der Waals surface area contributed by atoms with E-state index in [0.29, 0.717) is 19.6 Å². The molecule has 0 amide bonds. The van der Waals surface area contributed by atoms with Crippen LogP contribution in [0.5, 0.6) is 0 Å². The molecular weight excluding hydrogens is 214 g/mol. The van der Waals surface area contributed by atoms with Crippen molar-refractivity contribution in [2.24, 2.45) is 0 Å². The van der Waals surface area contributed by atoms with E-state index in [4.69, 9.17) is 23.3 Å². The predicted octanol–water partition coefficient (Wildman–Crippen LogP) is 1.18. The normalized spacial score (nSPS) is 11.3. The van der Waals surface area contributed by atoms with Crippen LogP contribution in [0.3, 0.4) is 0 Å². The van der Waals surface area contributed by atoms with Crippen LogP contribution in [0, 0.1) is 11.3 Å². The maximum absolute atomic E-state index is 8.28. The number of hydrogen-bond donors (Lipinski definition) is 0. The van der Waals surface area contributed by atoms with Crippen LogP contribution in [-0.2, 0) is 18.0 Å². The van der Waals surface area contributed by atoms with Gasteiger partial charge in [0.25, 0.3) is 0 Å². The lowest BCUT2D eigenvalue weighted by atomic mass is 10.5. The molecule has 0 aromatic heterocycles. The molecule has 0 aliphatic carbocycles. The summed E-state index contributed by atoms with van der Waals surface area (Å²) in [4.78, 5) is 0. The molecule has 0 saturated carbocycles. The highest BCUT2D eigenvalue weighted by Gasteiger charge is 2.36. The van der Waals surface area contributed by atoms with Crippen molar-refractivity contribution in [3.63, 3.8) is 0 Å². The van der Waals surface area contributed by atoms with Crippen LogP contribution < -0.4 is 0 Å². The van der Waals surface area contributed by atoms with E-state index in [1.54, 1.807) is 21.3 Å². The zero-order chi connectivity index (χ0) is 11.6. The minimum absolute atomic E-state index is 0.432. The van der Waals surface area contributed by atoms with Crippen LogP contribution in [0.15, 0.2) is 0 Å². The lowest BCUT2D eigenvalue weighted by molar-refractivity contribution is 0.109. The molecule has 5 nitrogen and oxygen atoms in total. The molecule has 0 aliphatic heterocycles. The summed E-state index contributed by atoms with van der Waals surface area (Å²) in [5.74, 6) is 0. The number of hydrogen-bond acceptors (Lipinski definition) is 5. The van der Waals surface area contributed by atoms with Crippen LogP contribution in [0.2, 0.25) is 6.04 Å². The molecule has 0 fully saturated rings. The molecule has 0 heterocycles. The predicted molar refractivity (Wildman–Crippen MR) is 57.3 cm³/mol. The Morgan fingerprint density at radius 2 is 1.67 bits per heavy atom. The minimum atomic E-state index is -2.43. The highest BCUT2D eigenvalue weighted by Crippen LogP contribution is 2.14. The van der Waals surface area contributed by atoms with Gasteiger partial charge in [0, 0.05) is 34.0 Å². The standard InChI is InChI=1S/C9H19NO4Si/c1-11-15(12-2,13-3)9-5-8-14-7-4-6-10/h4-5,7-9H2,1-3H3. The van der Waals surface area contributed by atoms with Crippen molar-refractivity contribution >= 4 is 8.80 Å². The minimum Gasteiger partial charge on any atom is -0.380 e. The second-order valence-corrected chi connectivity index (χ2v) is 6.01. The molecule has 0 atom stereocenters. The van der Waals surface area contributed by atoms with Crippen molar-refractivity contribution in [3.05, 3.63) is 0 Å². The molecule has 0 radical (unpaired) electrons. The summed E-state index contributed by atoms with van der Waals surface area (Å²) >= 11 is 0. The van der Waals surface area contributed by atoms with Gasteiger partial charge in [-0.15, -0.1) is 0 Å². The number of rotatable bonds is 9. The topological polar surface area (TPSA) is 60.7 Å². The number of nitrogens with zero attached hydrogens (tertiary/aromatic N) is 1. The lowest BCUT2D eigenvalue weighted by Gasteiger charge is -2.24. The molecule has 0 aromatic rings. The molecule has 0 aromatic carbocycles. The zero-order valence-corrected chi connectivity index (χ0v) is 10.6. The maximum Gasteiger partial charge on any atom is 0.500 e. The molecule has 15 heavy (non-hydrogen) atoms.